The van der Waals surface area contributed by atoms with Gasteiger partial charge >= 0.3 is 0 Å². The fourth-order valence-corrected chi connectivity index (χ4v) is 1.66. The second-order valence-electron chi connectivity index (χ2n) is 5.08. The van der Waals surface area contributed by atoms with E-state index < -0.39 is 0 Å². The summed E-state index contributed by atoms with van der Waals surface area (Å²) in [4.78, 5) is 0. The highest BCUT2D eigenvalue weighted by Gasteiger charge is 1.85. The van der Waals surface area contributed by atoms with Gasteiger partial charge in [-0.3, -0.25) is 15.3 Å². The van der Waals surface area contributed by atoms with E-state index in [9.17, 15) is 0 Å². The van der Waals surface area contributed by atoms with Gasteiger partial charge in [0.05, 0.1) is 17.1 Å². The summed E-state index contributed by atoms with van der Waals surface area (Å²) in [7, 11) is 0. The van der Waals surface area contributed by atoms with Crippen LogP contribution in [0.5, 0.6) is 0 Å². The molecular formula is C15H24BN6. The lowest BCUT2D eigenvalue weighted by molar-refractivity contribution is 1.02. The van der Waals surface area contributed by atoms with Crippen LogP contribution in [0.4, 0.5) is 0 Å². The van der Waals surface area contributed by atoms with Gasteiger partial charge in [0.2, 0.25) is 0 Å². The Morgan fingerprint density at radius 3 is 0.818 bits per heavy atom. The first-order valence-electron chi connectivity index (χ1n) is 6.82. The number of hydrogen-bond donors (Lipinski definition) is 3. The molecule has 0 aliphatic heterocycles. The van der Waals surface area contributed by atoms with Crippen molar-refractivity contribution in [1.29, 1.82) is 0 Å². The van der Waals surface area contributed by atoms with Gasteiger partial charge < -0.3 is 0 Å². The number of H-pyrrole nitrogens is 3. The summed E-state index contributed by atoms with van der Waals surface area (Å²) in [6.07, 6.45) is 0. The van der Waals surface area contributed by atoms with E-state index in [0.717, 1.165) is 34.2 Å². The number of nitrogens with one attached hydrogen (secondary N) is 3. The zero-order valence-electron chi connectivity index (χ0n) is 14.2. The smallest absolute Gasteiger partial charge is 0.0593 e. The van der Waals surface area contributed by atoms with Crippen LogP contribution in [0.3, 0.4) is 0 Å². The molecule has 0 bridgehead atoms. The number of nitrogens with zero attached hydrogens (tertiary/aromatic N) is 3. The lowest BCUT2D eigenvalue weighted by atomic mass is 10.4. The number of aromatic amines is 3. The van der Waals surface area contributed by atoms with Crippen LogP contribution in [0.25, 0.3) is 0 Å². The van der Waals surface area contributed by atoms with Crippen LogP contribution < -0.4 is 0 Å². The number of hydrogen-bond acceptors (Lipinski definition) is 3. The summed E-state index contributed by atoms with van der Waals surface area (Å²) in [5.74, 6) is 0. The number of rotatable bonds is 0. The van der Waals surface area contributed by atoms with Crippen LogP contribution in [0.1, 0.15) is 34.2 Å². The Hall–Kier alpha value is -2.31. The Bertz CT molecular complexity index is 512. The summed E-state index contributed by atoms with van der Waals surface area (Å²) in [5.41, 5.74) is 6.53. The molecule has 0 amide bonds. The normalized spacial score (nSPS) is 9.00. The first-order valence-corrected chi connectivity index (χ1v) is 6.82. The minimum Gasteiger partial charge on any atom is -0.283 e. The van der Waals surface area contributed by atoms with Crippen molar-refractivity contribution in [3.05, 3.63) is 52.4 Å². The van der Waals surface area contributed by atoms with E-state index in [-0.39, 0.29) is 8.41 Å². The van der Waals surface area contributed by atoms with E-state index in [1.54, 1.807) is 0 Å². The van der Waals surface area contributed by atoms with E-state index in [4.69, 9.17) is 0 Å². The number of aromatic nitrogens is 6. The van der Waals surface area contributed by atoms with Crippen LogP contribution in [0.2, 0.25) is 0 Å². The third kappa shape index (κ3) is 8.09. The molecule has 0 aliphatic carbocycles. The van der Waals surface area contributed by atoms with Crippen molar-refractivity contribution in [2.75, 3.05) is 0 Å². The molecule has 0 aromatic carbocycles. The van der Waals surface area contributed by atoms with Crippen molar-refractivity contribution in [3.8, 4) is 0 Å². The first kappa shape index (κ1) is 19.7. The monoisotopic (exact) mass is 299 g/mol. The summed E-state index contributed by atoms with van der Waals surface area (Å²) in [5, 5.41) is 20.1. The zero-order valence-corrected chi connectivity index (χ0v) is 14.2. The molecule has 3 N–H and O–H groups in total. The maximum Gasteiger partial charge on any atom is 0.0593 e. The SMILES string of the molecule is Cc1cc(C)[nH]n1.Cc1cc(C)[nH]n1.Cc1cc(C)[nH]n1.[B]. The predicted octanol–water partition coefficient (Wildman–Crippen LogP) is 2.70. The average Bonchev–Trinajstić information content (AvgIpc) is 3.06. The fourth-order valence-electron chi connectivity index (χ4n) is 1.66. The minimum atomic E-state index is 0. The Kier molecular flexibility index (Phi) is 8.59. The molecule has 22 heavy (non-hydrogen) atoms. The molecule has 0 aliphatic rings. The Morgan fingerprint density at radius 2 is 0.773 bits per heavy atom. The maximum absolute atomic E-state index is 3.89. The molecule has 0 saturated carbocycles. The second-order valence-corrected chi connectivity index (χ2v) is 5.08. The standard InChI is InChI=1S/3C5H8N2.B/c3*1-4-3-5(2)7-6-4;/h3*3H,1-2H3,(H,6,7);. The summed E-state index contributed by atoms with van der Waals surface area (Å²) in [6, 6.07) is 6.00. The van der Waals surface area contributed by atoms with Crippen LogP contribution in [-0.2, 0) is 0 Å². The summed E-state index contributed by atoms with van der Waals surface area (Å²) < 4.78 is 0. The first-order chi connectivity index (χ1) is 9.86. The van der Waals surface area contributed by atoms with Crippen molar-refractivity contribution in [1.82, 2.24) is 30.6 Å². The molecule has 0 saturated heterocycles. The molecule has 7 heteroatoms. The molecule has 0 atom stereocenters. The van der Waals surface area contributed by atoms with Crippen LogP contribution in [0.15, 0.2) is 18.2 Å². The van der Waals surface area contributed by atoms with Crippen LogP contribution in [0, 0.1) is 41.5 Å². The largest absolute Gasteiger partial charge is 0.283 e. The molecule has 3 rings (SSSR count). The quantitative estimate of drug-likeness (QED) is 0.558. The minimum absolute atomic E-state index is 0. The molecule has 3 aromatic heterocycles. The predicted molar refractivity (Wildman–Crippen MR) is 89.9 cm³/mol. The van der Waals surface area contributed by atoms with Crippen molar-refractivity contribution >= 4 is 8.41 Å². The molecular weight excluding hydrogens is 275 g/mol. The molecule has 3 aromatic rings. The van der Waals surface area contributed by atoms with Gasteiger partial charge in [0.15, 0.2) is 0 Å². The molecule has 0 spiro atoms. The molecule has 6 nitrogen and oxygen atoms in total. The highest BCUT2D eigenvalue weighted by atomic mass is 15.1. The van der Waals surface area contributed by atoms with Crippen molar-refractivity contribution < 1.29 is 0 Å². The second kappa shape index (κ2) is 9.60. The van der Waals surface area contributed by atoms with Gasteiger partial charge in [0.1, 0.15) is 0 Å². The van der Waals surface area contributed by atoms with Crippen LogP contribution in [-0.4, -0.2) is 39.0 Å². The van der Waals surface area contributed by atoms with Gasteiger partial charge in [0, 0.05) is 25.5 Å². The van der Waals surface area contributed by atoms with Gasteiger partial charge in [-0.15, -0.1) is 0 Å². The Labute approximate surface area is 133 Å². The number of aryl methyl sites for hydroxylation is 6. The van der Waals surface area contributed by atoms with Gasteiger partial charge in [-0.2, -0.15) is 15.3 Å². The molecule has 0 unspecified atom stereocenters. The average molecular weight is 299 g/mol. The summed E-state index contributed by atoms with van der Waals surface area (Å²) in [6.45, 7) is 11.8. The van der Waals surface area contributed by atoms with E-state index >= 15 is 0 Å². The highest BCUT2D eigenvalue weighted by Crippen LogP contribution is 1.93. The van der Waals surface area contributed by atoms with Gasteiger partial charge in [-0.05, 0) is 59.7 Å². The van der Waals surface area contributed by atoms with E-state index in [0.29, 0.717) is 0 Å². The molecule has 3 heterocycles. The van der Waals surface area contributed by atoms with Crippen molar-refractivity contribution in [2.24, 2.45) is 0 Å². The van der Waals surface area contributed by atoms with E-state index in [1.165, 1.54) is 0 Å². The Balaban J connectivity index is 0.000000294. The van der Waals surface area contributed by atoms with Gasteiger partial charge in [-0.25, -0.2) is 0 Å². The lowest BCUT2D eigenvalue weighted by Gasteiger charge is -1.68. The van der Waals surface area contributed by atoms with Crippen molar-refractivity contribution in [3.63, 3.8) is 0 Å². The van der Waals surface area contributed by atoms with E-state index in [2.05, 4.69) is 30.6 Å². The third-order valence-electron chi connectivity index (χ3n) is 2.50. The maximum atomic E-state index is 3.89. The zero-order chi connectivity index (χ0) is 15.8. The topological polar surface area (TPSA) is 86.0 Å². The lowest BCUT2D eigenvalue weighted by Crippen LogP contribution is -1.68. The van der Waals surface area contributed by atoms with Gasteiger partial charge in [0.25, 0.3) is 0 Å². The van der Waals surface area contributed by atoms with Crippen LogP contribution >= 0.6 is 0 Å². The Morgan fingerprint density at radius 1 is 0.545 bits per heavy atom. The third-order valence-corrected chi connectivity index (χ3v) is 2.50. The fraction of sp³-hybridized carbons (Fsp3) is 0.400. The van der Waals surface area contributed by atoms with E-state index in [1.807, 2.05) is 59.7 Å². The summed E-state index contributed by atoms with van der Waals surface area (Å²) >= 11 is 0. The molecule has 117 valence electrons. The van der Waals surface area contributed by atoms with Gasteiger partial charge in [-0.1, -0.05) is 0 Å². The molecule has 0 fully saturated rings. The van der Waals surface area contributed by atoms with Crippen molar-refractivity contribution in [2.45, 2.75) is 41.5 Å². The molecule has 3 radical (unpaired) electrons. The highest BCUT2D eigenvalue weighted by molar-refractivity contribution is 5.75.